The average molecular weight is 266 g/mol. The molecule has 0 fully saturated rings. The van der Waals surface area contributed by atoms with Crippen molar-refractivity contribution in [3.05, 3.63) is 35.1 Å². The highest BCUT2D eigenvalue weighted by atomic mass is 19.1. The molecule has 1 aromatic rings. The Hall–Kier alpha value is -1.71. The summed E-state index contributed by atoms with van der Waals surface area (Å²) in [5, 5.41) is 8.87. The Labute approximate surface area is 112 Å². The highest BCUT2D eigenvalue weighted by Gasteiger charge is 2.19. The van der Waals surface area contributed by atoms with Gasteiger partial charge < -0.3 is 5.11 Å². The molecule has 3 nitrogen and oxygen atoms in total. The number of ketones is 1. The third-order valence-corrected chi connectivity index (χ3v) is 3.45. The van der Waals surface area contributed by atoms with Gasteiger partial charge in [-0.05, 0) is 38.3 Å². The number of carboxylic acids is 1. The normalized spacial score (nSPS) is 13.9. The van der Waals surface area contributed by atoms with Crippen molar-refractivity contribution in [2.75, 3.05) is 0 Å². The summed E-state index contributed by atoms with van der Waals surface area (Å²) in [4.78, 5) is 22.2. The molecule has 0 aliphatic carbocycles. The van der Waals surface area contributed by atoms with Gasteiger partial charge in [-0.3, -0.25) is 9.59 Å². The molecule has 4 heteroatoms. The van der Waals surface area contributed by atoms with Gasteiger partial charge in [0.25, 0.3) is 0 Å². The van der Waals surface area contributed by atoms with Crippen molar-refractivity contribution in [3.63, 3.8) is 0 Å². The Bertz CT molecular complexity index is 482. The Morgan fingerprint density at radius 3 is 2.42 bits per heavy atom. The molecule has 0 amide bonds. The first-order valence-corrected chi connectivity index (χ1v) is 6.38. The molecule has 1 aromatic carbocycles. The van der Waals surface area contributed by atoms with E-state index in [-0.39, 0.29) is 17.3 Å². The first-order chi connectivity index (χ1) is 8.86. The molecule has 0 aliphatic heterocycles. The fourth-order valence-corrected chi connectivity index (χ4v) is 2.04. The standard InChI is InChI=1S/C15H19FO3/c1-4-12(10(3)17)7-11-5-6-13(14(16)8-11)9(2)15(18)19/h5-6,8-9,12H,4,7H2,1-3H3,(H,18,19)/t9-,12-/m1/s1. The Morgan fingerprint density at radius 2 is 2.00 bits per heavy atom. The molecule has 1 N–H and O–H groups in total. The van der Waals surface area contributed by atoms with Crippen LogP contribution in [0.1, 0.15) is 44.2 Å². The number of hydrogen-bond acceptors (Lipinski definition) is 2. The Morgan fingerprint density at radius 1 is 1.37 bits per heavy atom. The van der Waals surface area contributed by atoms with Gasteiger partial charge in [-0.2, -0.15) is 0 Å². The minimum atomic E-state index is -1.05. The van der Waals surface area contributed by atoms with Gasteiger partial charge in [0.2, 0.25) is 0 Å². The van der Waals surface area contributed by atoms with E-state index < -0.39 is 17.7 Å². The number of halogens is 1. The predicted octanol–water partition coefficient (Wildman–Crippen LogP) is 3.17. The van der Waals surface area contributed by atoms with E-state index in [0.29, 0.717) is 12.8 Å². The van der Waals surface area contributed by atoms with Crippen LogP contribution in [0, 0.1) is 11.7 Å². The SMILES string of the molecule is CC[C@H](Cc1ccc([C@@H](C)C(=O)O)c(F)c1)C(C)=O. The van der Waals surface area contributed by atoms with Crippen LogP contribution in [0.5, 0.6) is 0 Å². The van der Waals surface area contributed by atoms with Gasteiger partial charge in [0, 0.05) is 11.5 Å². The topological polar surface area (TPSA) is 54.4 Å². The van der Waals surface area contributed by atoms with Crippen molar-refractivity contribution in [1.82, 2.24) is 0 Å². The zero-order chi connectivity index (χ0) is 14.6. The molecule has 0 spiro atoms. The van der Waals surface area contributed by atoms with E-state index in [4.69, 9.17) is 5.11 Å². The number of Topliss-reactive ketones (excluding diaryl/α,β-unsaturated/α-hetero) is 1. The lowest BCUT2D eigenvalue weighted by Crippen LogP contribution is -2.14. The number of hydrogen-bond donors (Lipinski definition) is 1. The summed E-state index contributed by atoms with van der Waals surface area (Å²) in [5.74, 6) is -2.47. The van der Waals surface area contributed by atoms with E-state index in [1.54, 1.807) is 6.07 Å². The van der Waals surface area contributed by atoms with E-state index >= 15 is 0 Å². The monoisotopic (exact) mass is 266 g/mol. The van der Waals surface area contributed by atoms with E-state index in [1.807, 2.05) is 6.92 Å². The molecule has 0 aromatic heterocycles. The fraction of sp³-hybridized carbons (Fsp3) is 0.467. The lowest BCUT2D eigenvalue weighted by atomic mass is 9.91. The van der Waals surface area contributed by atoms with Crippen LogP contribution in [0.15, 0.2) is 18.2 Å². The first kappa shape index (κ1) is 15.3. The fourth-order valence-electron chi connectivity index (χ4n) is 2.04. The summed E-state index contributed by atoms with van der Waals surface area (Å²) < 4.78 is 13.9. The van der Waals surface area contributed by atoms with Crippen molar-refractivity contribution < 1.29 is 19.1 Å². The molecule has 104 valence electrons. The third kappa shape index (κ3) is 3.88. The molecule has 19 heavy (non-hydrogen) atoms. The van der Waals surface area contributed by atoms with Gasteiger partial charge in [0.15, 0.2) is 0 Å². The lowest BCUT2D eigenvalue weighted by Gasteiger charge is -2.13. The molecule has 0 saturated heterocycles. The van der Waals surface area contributed by atoms with Crippen LogP contribution >= 0.6 is 0 Å². The van der Waals surface area contributed by atoms with Crippen LogP contribution in [0.25, 0.3) is 0 Å². The number of carboxylic acid groups (broad SMARTS) is 1. The lowest BCUT2D eigenvalue weighted by molar-refractivity contribution is -0.138. The molecular formula is C15H19FO3. The summed E-state index contributed by atoms with van der Waals surface area (Å²) in [5.41, 5.74) is 0.896. The van der Waals surface area contributed by atoms with Crippen LogP contribution in [-0.4, -0.2) is 16.9 Å². The molecule has 1 rings (SSSR count). The maximum absolute atomic E-state index is 13.9. The van der Waals surface area contributed by atoms with Gasteiger partial charge in [0.05, 0.1) is 5.92 Å². The van der Waals surface area contributed by atoms with Crippen molar-refractivity contribution in [1.29, 1.82) is 0 Å². The van der Waals surface area contributed by atoms with Gasteiger partial charge >= 0.3 is 5.97 Å². The average Bonchev–Trinajstić information content (AvgIpc) is 2.34. The van der Waals surface area contributed by atoms with Crippen LogP contribution in [0.2, 0.25) is 0 Å². The zero-order valence-electron chi connectivity index (χ0n) is 11.4. The number of benzene rings is 1. The second-order valence-corrected chi connectivity index (χ2v) is 4.84. The van der Waals surface area contributed by atoms with Gasteiger partial charge in [-0.15, -0.1) is 0 Å². The number of aliphatic carboxylic acids is 1. The van der Waals surface area contributed by atoms with E-state index in [1.165, 1.54) is 26.0 Å². The minimum Gasteiger partial charge on any atom is -0.481 e. The van der Waals surface area contributed by atoms with Gasteiger partial charge in [0.1, 0.15) is 11.6 Å². The minimum absolute atomic E-state index is 0.0888. The second kappa shape index (κ2) is 6.45. The predicted molar refractivity (Wildman–Crippen MR) is 70.6 cm³/mol. The highest BCUT2D eigenvalue weighted by Crippen LogP contribution is 2.22. The van der Waals surface area contributed by atoms with Crippen molar-refractivity contribution in [2.24, 2.45) is 5.92 Å². The quantitative estimate of drug-likeness (QED) is 0.860. The third-order valence-electron chi connectivity index (χ3n) is 3.45. The second-order valence-electron chi connectivity index (χ2n) is 4.84. The van der Waals surface area contributed by atoms with Crippen molar-refractivity contribution in [3.8, 4) is 0 Å². The number of carbonyl (C=O) groups excluding carboxylic acids is 1. The molecule has 0 bridgehead atoms. The van der Waals surface area contributed by atoms with Crippen LogP contribution in [-0.2, 0) is 16.0 Å². The van der Waals surface area contributed by atoms with E-state index in [9.17, 15) is 14.0 Å². The summed E-state index contributed by atoms with van der Waals surface area (Å²) in [6, 6.07) is 4.53. The summed E-state index contributed by atoms with van der Waals surface area (Å²) in [6.45, 7) is 4.90. The highest BCUT2D eigenvalue weighted by molar-refractivity contribution is 5.78. The zero-order valence-corrected chi connectivity index (χ0v) is 11.4. The van der Waals surface area contributed by atoms with Crippen molar-refractivity contribution in [2.45, 2.75) is 39.5 Å². The van der Waals surface area contributed by atoms with Gasteiger partial charge in [-0.25, -0.2) is 4.39 Å². The smallest absolute Gasteiger partial charge is 0.310 e. The summed E-state index contributed by atoms with van der Waals surface area (Å²) in [7, 11) is 0. The molecule has 0 aliphatic rings. The molecular weight excluding hydrogens is 247 g/mol. The maximum Gasteiger partial charge on any atom is 0.310 e. The van der Waals surface area contributed by atoms with Crippen LogP contribution in [0.4, 0.5) is 4.39 Å². The van der Waals surface area contributed by atoms with Crippen LogP contribution in [0.3, 0.4) is 0 Å². The first-order valence-electron chi connectivity index (χ1n) is 6.38. The number of carbonyl (C=O) groups is 2. The Kier molecular flexibility index (Phi) is 5.21. The van der Waals surface area contributed by atoms with Gasteiger partial charge in [-0.1, -0.05) is 19.1 Å². The van der Waals surface area contributed by atoms with Crippen LogP contribution < -0.4 is 0 Å². The molecule has 2 atom stereocenters. The Balaban J connectivity index is 2.94. The maximum atomic E-state index is 13.9. The van der Waals surface area contributed by atoms with E-state index in [0.717, 1.165) is 5.56 Å². The molecule has 0 heterocycles. The van der Waals surface area contributed by atoms with E-state index in [2.05, 4.69) is 0 Å². The number of rotatable bonds is 6. The summed E-state index contributed by atoms with van der Waals surface area (Å²) in [6.07, 6.45) is 1.20. The molecule has 0 radical (unpaired) electrons. The van der Waals surface area contributed by atoms with Crippen molar-refractivity contribution >= 4 is 11.8 Å². The summed E-state index contributed by atoms with van der Waals surface area (Å²) >= 11 is 0. The molecule has 0 unspecified atom stereocenters. The largest absolute Gasteiger partial charge is 0.481 e. The molecule has 0 saturated carbocycles.